The maximum absolute atomic E-state index is 12.6. The van der Waals surface area contributed by atoms with Gasteiger partial charge in [0.15, 0.2) is 9.30 Å². The summed E-state index contributed by atoms with van der Waals surface area (Å²) in [5.74, 6) is 1.39. The van der Waals surface area contributed by atoms with Gasteiger partial charge in [-0.15, -0.1) is 10.2 Å². The molecule has 3 heterocycles. The van der Waals surface area contributed by atoms with Gasteiger partial charge in [0.2, 0.25) is 5.13 Å². The number of anilines is 2. The highest BCUT2D eigenvalue weighted by Crippen LogP contribution is 2.30. The van der Waals surface area contributed by atoms with E-state index in [-0.39, 0.29) is 5.56 Å². The first kappa shape index (κ1) is 20.0. The van der Waals surface area contributed by atoms with Crippen molar-refractivity contribution in [3.8, 4) is 5.75 Å². The number of aromatic nitrogens is 4. The third-order valence-electron chi connectivity index (χ3n) is 4.41. The Bertz CT molecular complexity index is 1410. The second kappa shape index (κ2) is 8.66. The molecule has 31 heavy (non-hydrogen) atoms. The Hall–Kier alpha value is -2.95. The summed E-state index contributed by atoms with van der Waals surface area (Å²) in [6.45, 7) is 2.60. The van der Waals surface area contributed by atoms with Gasteiger partial charge in [-0.3, -0.25) is 9.20 Å². The molecule has 5 rings (SSSR count). The van der Waals surface area contributed by atoms with Gasteiger partial charge < -0.3 is 10.1 Å². The molecular weight excluding hydrogens is 450 g/mol. The number of hydrogen-bond donors (Lipinski definition) is 1. The van der Waals surface area contributed by atoms with Crippen molar-refractivity contribution >= 4 is 60.4 Å². The van der Waals surface area contributed by atoms with E-state index in [1.807, 2.05) is 55.5 Å². The third kappa shape index (κ3) is 4.27. The molecule has 0 aliphatic rings. The van der Waals surface area contributed by atoms with Crippen LogP contribution in [0.5, 0.6) is 5.75 Å². The third-order valence-corrected chi connectivity index (χ3v) is 7.44. The Kier molecular flexibility index (Phi) is 5.58. The molecule has 3 aromatic heterocycles. The fourth-order valence-corrected chi connectivity index (χ4v) is 5.79. The normalized spacial score (nSPS) is 11.3. The van der Waals surface area contributed by atoms with Crippen LogP contribution in [0.25, 0.3) is 15.2 Å². The largest absolute Gasteiger partial charge is 0.494 e. The number of thioether (sulfide) groups is 1. The number of hydrogen-bond acceptors (Lipinski definition) is 9. The predicted molar refractivity (Wildman–Crippen MR) is 127 cm³/mol. The highest BCUT2D eigenvalue weighted by molar-refractivity contribution is 8.00. The lowest BCUT2D eigenvalue weighted by atomic mass is 10.3. The summed E-state index contributed by atoms with van der Waals surface area (Å²) in [6, 6.07) is 17.1. The molecule has 0 aliphatic carbocycles. The highest BCUT2D eigenvalue weighted by Gasteiger charge is 2.11. The van der Waals surface area contributed by atoms with Gasteiger partial charge in [0.25, 0.3) is 5.56 Å². The summed E-state index contributed by atoms with van der Waals surface area (Å²) in [5.41, 5.74) is 2.49. The van der Waals surface area contributed by atoms with E-state index in [1.54, 1.807) is 10.5 Å². The minimum atomic E-state index is -0.0619. The first-order chi connectivity index (χ1) is 15.2. The van der Waals surface area contributed by atoms with Crippen molar-refractivity contribution in [1.29, 1.82) is 0 Å². The van der Waals surface area contributed by atoms with Crippen LogP contribution in [0.2, 0.25) is 0 Å². The summed E-state index contributed by atoms with van der Waals surface area (Å²) in [6.07, 6.45) is 0. The smallest absolute Gasteiger partial charge is 0.259 e. The molecule has 0 aliphatic heterocycles. The number of ether oxygens (including phenoxy) is 1. The Morgan fingerprint density at radius 2 is 1.94 bits per heavy atom. The molecular formula is C21H17N5O2S3. The minimum absolute atomic E-state index is 0.0619. The summed E-state index contributed by atoms with van der Waals surface area (Å²) in [7, 11) is 0. The van der Waals surface area contributed by atoms with E-state index in [4.69, 9.17) is 4.74 Å². The molecule has 2 aromatic carbocycles. The van der Waals surface area contributed by atoms with E-state index >= 15 is 0 Å². The highest BCUT2D eigenvalue weighted by atomic mass is 32.2. The molecule has 0 atom stereocenters. The van der Waals surface area contributed by atoms with Gasteiger partial charge >= 0.3 is 0 Å². The van der Waals surface area contributed by atoms with Gasteiger partial charge in [0.1, 0.15) is 5.75 Å². The van der Waals surface area contributed by atoms with Crippen LogP contribution >= 0.6 is 34.4 Å². The SMILES string of the molecule is CCOc1ccc(Nc2nnc(SCc3cc(=O)n4c(n3)sc3ccccc34)s2)cc1. The Balaban J connectivity index is 1.28. The van der Waals surface area contributed by atoms with E-state index in [0.29, 0.717) is 22.5 Å². The van der Waals surface area contributed by atoms with Crippen LogP contribution in [0.1, 0.15) is 12.6 Å². The Morgan fingerprint density at radius 1 is 1.10 bits per heavy atom. The average Bonchev–Trinajstić information content (AvgIpc) is 3.38. The maximum Gasteiger partial charge on any atom is 0.259 e. The van der Waals surface area contributed by atoms with Crippen molar-refractivity contribution in [2.24, 2.45) is 0 Å². The van der Waals surface area contributed by atoms with Crippen LogP contribution in [0.3, 0.4) is 0 Å². The number of nitrogens with zero attached hydrogens (tertiary/aromatic N) is 4. The molecule has 5 aromatic rings. The molecule has 1 N–H and O–H groups in total. The second-order valence-corrected chi connectivity index (χ2v) is 9.73. The molecule has 0 saturated carbocycles. The molecule has 10 heteroatoms. The van der Waals surface area contributed by atoms with Crippen LogP contribution in [-0.2, 0) is 5.75 Å². The summed E-state index contributed by atoms with van der Waals surface area (Å²) >= 11 is 4.50. The molecule has 0 spiro atoms. The lowest BCUT2D eigenvalue weighted by Crippen LogP contribution is -2.13. The molecule has 0 amide bonds. The molecule has 7 nitrogen and oxygen atoms in total. The van der Waals surface area contributed by atoms with Crippen molar-refractivity contribution < 1.29 is 4.74 Å². The monoisotopic (exact) mass is 467 g/mol. The predicted octanol–water partition coefficient (Wildman–Crippen LogP) is 5.20. The van der Waals surface area contributed by atoms with E-state index in [0.717, 1.165) is 31.7 Å². The van der Waals surface area contributed by atoms with E-state index in [9.17, 15) is 4.79 Å². The zero-order valence-corrected chi connectivity index (χ0v) is 18.9. The summed E-state index contributed by atoms with van der Waals surface area (Å²) < 4.78 is 8.98. The van der Waals surface area contributed by atoms with Crippen LogP contribution in [-0.4, -0.2) is 26.2 Å². The lowest BCUT2D eigenvalue weighted by Gasteiger charge is -2.05. The van der Waals surface area contributed by atoms with E-state index < -0.39 is 0 Å². The zero-order valence-electron chi connectivity index (χ0n) is 16.4. The molecule has 156 valence electrons. The number of fused-ring (bicyclic) bond motifs is 3. The van der Waals surface area contributed by atoms with Crippen LogP contribution in [0, 0.1) is 0 Å². The standard InChI is InChI=1S/C21H17N5O2S3/c1-2-28-15-9-7-13(8-10-15)22-19-24-25-21(31-19)29-12-14-11-18(27)26-16-5-3-4-6-17(16)30-20(26)23-14/h3-11H,2,12H2,1H3,(H,22,24). The number of para-hydroxylation sites is 1. The fraction of sp³-hybridized carbons (Fsp3) is 0.143. The number of nitrogens with one attached hydrogen (secondary N) is 1. The summed E-state index contributed by atoms with van der Waals surface area (Å²) in [5, 5.41) is 12.4. The van der Waals surface area contributed by atoms with Crippen molar-refractivity contribution in [2.75, 3.05) is 11.9 Å². The Labute approximate surface area is 189 Å². The maximum atomic E-state index is 12.6. The minimum Gasteiger partial charge on any atom is -0.494 e. The lowest BCUT2D eigenvalue weighted by molar-refractivity contribution is 0.340. The number of benzene rings is 2. The van der Waals surface area contributed by atoms with Crippen molar-refractivity contribution in [1.82, 2.24) is 19.6 Å². The quantitative estimate of drug-likeness (QED) is 0.330. The van der Waals surface area contributed by atoms with Crippen LogP contribution in [0.4, 0.5) is 10.8 Å². The zero-order chi connectivity index (χ0) is 21.2. The van der Waals surface area contributed by atoms with E-state index in [2.05, 4.69) is 20.5 Å². The first-order valence-electron chi connectivity index (χ1n) is 9.56. The fourth-order valence-electron chi connectivity index (χ4n) is 3.08. The van der Waals surface area contributed by atoms with Crippen molar-refractivity contribution in [2.45, 2.75) is 17.0 Å². The molecule has 0 fully saturated rings. The van der Waals surface area contributed by atoms with Gasteiger partial charge in [-0.05, 0) is 43.3 Å². The number of thiazole rings is 1. The van der Waals surface area contributed by atoms with Gasteiger partial charge in [-0.2, -0.15) is 0 Å². The van der Waals surface area contributed by atoms with Crippen molar-refractivity contribution in [3.63, 3.8) is 0 Å². The topological polar surface area (TPSA) is 81.4 Å². The first-order valence-corrected chi connectivity index (χ1v) is 12.2. The van der Waals surface area contributed by atoms with Gasteiger partial charge in [-0.25, -0.2) is 4.98 Å². The van der Waals surface area contributed by atoms with Crippen molar-refractivity contribution in [3.05, 3.63) is 70.6 Å². The van der Waals surface area contributed by atoms with Gasteiger partial charge in [-0.1, -0.05) is 46.6 Å². The van der Waals surface area contributed by atoms with Crippen LogP contribution < -0.4 is 15.6 Å². The molecule has 0 saturated heterocycles. The number of rotatable bonds is 7. The molecule has 0 radical (unpaired) electrons. The summed E-state index contributed by atoms with van der Waals surface area (Å²) in [4.78, 5) is 18.0. The van der Waals surface area contributed by atoms with Gasteiger partial charge in [0.05, 0.1) is 22.5 Å². The average molecular weight is 468 g/mol. The van der Waals surface area contributed by atoms with E-state index in [1.165, 1.54) is 34.4 Å². The second-order valence-electron chi connectivity index (χ2n) is 6.52. The van der Waals surface area contributed by atoms with Crippen LogP contribution in [0.15, 0.2) is 63.7 Å². The molecule has 0 unspecified atom stereocenters. The van der Waals surface area contributed by atoms with Gasteiger partial charge in [0, 0.05) is 17.5 Å². The molecule has 0 bridgehead atoms. The Morgan fingerprint density at radius 3 is 2.77 bits per heavy atom.